The van der Waals surface area contributed by atoms with E-state index in [2.05, 4.69) is 13.2 Å². The number of hydrogen-bond donors (Lipinski definition) is 0. The van der Waals surface area contributed by atoms with Crippen LogP contribution in [0.15, 0.2) is 60.8 Å². The Hall–Kier alpha value is -1.63. The number of ketones is 1. The molecular formula is C17H26O. The van der Waals surface area contributed by atoms with Crippen molar-refractivity contribution in [3.05, 3.63) is 60.8 Å². The van der Waals surface area contributed by atoms with Crippen LogP contribution in [0.5, 0.6) is 0 Å². The minimum absolute atomic E-state index is 0.0239. The van der Waals surface area contributed by atoms with Crippen LogP contribution in [0.1, 0.15) is 40.5 Å². The van der Waals surface area contributed by atoms with Crippen LogP contribution < -0.4 is 0 Å². The lowest BCUT2D eigenvalue weighted by Gasteiger charge is -2.05. The van der Waals surface area contributed by atoms with E-state index in [4.69, 9.17) is 0 Å². The van der Waals surface area contributed by atoms with Gasteiger partial charge in [0.05, 0.1) is 0 Å². The van der Waals surface area contributed by atoms with Gasteiger partial charge in [-0.25, -0.2) is 0 Å². The zero-order valence-corrected chi connectivity index (χ0v) is 12.2. The summed E-state index contributed by atoms with van der Waals surface area (Å²) in [6.45, 7) is 15.2. The van der Waals surface area contributed by atoms with Gasteiger partial charge in [0.15, 0.2) is 5.78 Å². The van der Waals surface area contributed by atoms with Crippen LogP contribution in [0.4, 0.5) is 0 Å². The first-order valence-corrected chi connectivity index (χ1v) is 6.66. The van der Waals surface area contributed by atoms with Crippen LogP contribution in [0, 0.1) is 0 Å². The summed E-state index contributed by atoms with van der Waals surface area (Å²) in [6, 6.07) is 0. The van der Waals surface area contributed by atoms with E-state index in [1.807, 2.05) is 45.9 Å². The van der Waals surface area contributed by atoms with Crippen molar-refractivity contribution in [2.75, 3.05) is 0 Å². The van der Waals surface area contributed by atoms with Crippen LogP contribution >= 0.6 is 0 Å². The number of rotatable bonds is 4. The molecule has 0 aromatic carbocycles. The van der Waals surface area contributed by atoms with Gasteiger partial charge >= 0.3 is 0 Å². The van der Waals surface area contributed by atoms with Crippen molar-refractivity contribution >= 4 is 5.78 Å². The number of Topliss-reactive ketones (excluding diaryl/α,β-unsaturated/α-hetero) is 1. The highest BCUT2D eigenvalue weighted by atomic mass is 16.1. The van der Waals surface area contributed by atoms with E-state index in [-0.39, 0.29) is 5.78 Å². The van der Waals surface area contributed by atoms with Gasteiger partial charge in [-0.2, -0.15) is 0 Å². The number of carbonyl (C=O) groups is 1. The minimum atomic E-state index is 0.0239. The van der Waals surface area contributed by atoms with Gasteiger partial charge in [-0.1, -0.05) is 77.3 Å². The Kier molecular flexibility index (Phi) is 14.0. The first-order valence-electron chi connectivity index (χ1n) is 6.66. The van der Waals surface area contributed by atoms with E-state index < -0.39 is 0 Å². The fourth-order valence-corrected chi connectivity index (χ4v) is 1.31. The van der Waals surface area contributed by atoms with Gasteiger partial charge in [-0.15, -0.1) is 0 Å². The summed E-state index contributed by atoms with van der Waals surface area (Å²) in [6.07, 6.45) is 12.6. The molecule has 0 saturated heterocycles. The fourth-order valence-electron chi connectivity index (χ4n) is 1.31. The van der Waals surface area contributed by atoms with Crippen LogP contribution in [-0.4, -0.2) is 5.78 Å². The minimum Gasteiger partial charge on any atom is -0.289 e. The molecule has 0 unspecified atom stereocenters. The summed E-state index contributed by atoms with van der Waals surface area (Å²) in [5.41, 5.74) is 1.35. The van der Waals surface area contributed by atoms with Crippen molar-refractivity contribution in [2.24, 2.45) is 0 Å². The van der Waals surface area contributed by atoms with Gasteiger partial charge in [0.25, 0.3) is 0 Å². The average Bonchev–Trinajstić information content (AvgIpc) is 2.49. The molecule has 0 spiro atoms. The Balaban J connectivity index is 0. The normalized spacial score (nSPS) is 13.1. The second-order valence-electron chi connectivity index (χ2n) is 3.03. The highest BCUT2D eigenvalue weighted by Gasteiger charge is 2.10. The Labute approximate surface area is 112 Å². The lowest BCUT2D eigenvalue weighted by Crippen LogP contribution is -2.04. The molecule has 0 fully saturated rings. The molecule has 0 N–H and O–H groups in total. The first-order chi connectivity index (χ1) is 8.79. The summed E-state index contributed by atoms with van der Waals surface area (Å²) in [5.74, 6) is 0.0239. The molecule has 0 aromatic rings. The molecule has 0 saturated carbocycles. The molecule has 0 radical (unpaired) electrons. The smallest absolute Gasteiger partial charge is 0.192 e. The van der Waals surface area contributed by atoms with Crippen LogP contribution in [0.3, 0.4) is 0 Å². The average molecular weight is 246 g/mol. The first kappa shape index (κ1) is 18.7. The van der Waals surface area contributed by atoms with Crippen LogP contribution in [0.25, 0.3) is 0 Å². The Bertz CT molecular complexity index is 341. The summed E-state index contributed by atoms with van der Waals surface area (Å²) < 4.78 is 0. The molecule has 0 heterocycles. The third-order valence-electron chi connectivity index (χ3n) is 2.04. The fraction of sp³-hybridized carbons (Fsp3) is 0.353. The SMILES string of the molecule is C=C/C=C(\C=C)C(=O)C1=CCCC=C1.CC.CC. The van der Waals surface area contributed by atoms with E-state index in [0.29, 0.717) is 5.57 Å². The second kappa shape index (κ2) is 13.4. The molecule has 0 aromatic heterocycles. The molecule has 0 amide bonds. The monoisotopic (exact) mass is 246 g/mol. The number of carbonyl (C=O) groups excluding carboxylic acids is 1. The maximum Gasteiger partial charge on any atom is 0.192 e. The summed E-state index contributed by atoms with van der Waals surface area (Å²) in [4.78, 5) is 11.8. The largest absolute Gasteiger partial charge is 0.289 e. The van der Waals surface area contributed by atoms with E-state index >= 15 is 0 Å². The molecule has 100 valence electrons. The third kappa shape index (κ3) is 6.85. The Morgan fingerprint density at radius 2 is 1.78 bits per heavy atom. The predicted molar refractivity (Wildman–Crippen MR) is 82.6 cm³/mol. The quantitative estimate of drug-likeness (QED) is 0.493. The van der Waals surface area contributed by atoms with Gasteiger partial charge in [0.1, 0.15) is 0 Å². The van der Waals surface area contributed by atoms with Crippen molar-refractivity contribution in [3.8, 4) is 0 Å². The molecule has 18 heavy (non-hydrogen) atoms. The maximum atomic E-state index is 11.8. The standard InChI is InChI=1S/C13H14O.2C2H6/c1-3-8-11(4-2)13(14)12-9-6-5-7-10-12;2*1-2/h3-4,6,8-10H,1-2,5,7H2;2*1-2H3/b11-8+;;. The maximum absolute atomic E-state index is 11.8. The van der Waals surface area contributed by atoms with E-state index in [9.17, 15) is 4.79 Å². The molecule has 0 bridgehead atoms. The van der Waals surface area contributed by atoms with E-state index in [0.717, 1.165) is 18.4 Å². The highest BCUT2D eigenvalue weighted by molar-refractivity contribution is 6.12. The number of allylic oxidation sites excluding steroid dienone is 8. The molecule has 1 aliphatic carbocycles. The molecule has 1 nitrogen and oxygen atoms in total. The van der Waals surface area contributed by atoms with Crippen molar-refractivity contribution in [1.29, 1.82) is 0 Å². The van der Waals surface area contributed by atoms with Gasteiger partial charge < -0.3 is 0 Å². The van der Waals surface area contributed by atoms with Gasteiger partial charge in [-0.05, 0) is 12.8 Å². The molecule has 1 aliphatic rings. The zero-order chi connectivity index (χ0) is 14.4. The molecular weight excluding hydrogens is 220 g/mol. The van der Waals surface area contributed by atoms with E-state index in [1.165, 1.54) is 0 Å². The Morgan fingerprint density at radius 3 is 2.17 bits per heavy atom. The lowest BCUT2D eigenvalue weighted by molar-refractivity contribution is -0.111. The van der Waals surface area contributed by atoms with Gasteiger partial charge in [0, 0.05) is 11.1 Å². The lowest BCUT2D eigenvalue weighted by atomic mass is 9.98. The van der Waals surface area contributed by atoms with Gasteiger partial charge in [0.2, 0.25) is 0 Å². The molecule has 0 aliphatic heterocycles. The second-order valence-corrected chi connectivity index (χ2v) is 3.03. The zero-order valence-electron chi connectivity index (χ0n) is 12.2. The van der Waals surface area contributed by atoms with Crippen molar-refractivity contribution in [3.63, 3.8) is 0 Å². The summed E-state index contributed by atoms with van der Waals surface area (Å²) in [5, 5.41) is 0. The van der Waals surface area contributed by atoms with Crippen molar-refractivity contribution < 1.29 is 4.79 Å². The predicted octanol–water partition coefficient (Wildman–Crippen LogP) is 5.18. The Morgan fingerprint density at radius 1 is 1.17 bits per heavy atom. The molecule has 1 heteroatoms. The van der Waals surface area contributed by atoms with Crippen LogP contribution in [0.2, 0.25) is 0 Å². The molecule has 1 rings (SSSR count). The topological polar surface area (TPSA) is 17.1 Å². The third-order valence-corrected chi connectivity index (χ3v) is 2.04. The van der Waals surface area contributed by atoms with Crippen molar-refractivity contribution in [2.45, 2.75) is 40.5 Å². The number of hydrogen-bond acceptors (Lipinski definition) is 1. The van der Waals surface area contributed by atoms with Crippen LogP contribution in [-0.2, 0) is 4.79 Å². The highest BCUT2D eigenvalue weighted by Crippen LogP contribution is 2.15. The van der Waals surface area contributed by atoms with Gasteiger partial charge in [-0.3, -0.25) is 4.79 Å². The van der Waals surface area contributed by atoms with Crippen molar-refractivity contribution in [1.82, 2.24) is 0 Å². The molecule has 0 atom stereocenters. The summed E-state index contributed by atoms with van der Waals surface area (Å²) >= 11 is 0. The summed E-state index contributed by atoms with van der Waals surface area (Å²) in [7, 11) is 0. The van der Waals surface area contributed by atoms with E-state index in [1.54, 1.807) is 18.2 Å².